The third-order valence-electron chi connectivity index (χ3n) is 2.08. The lowest BCUT2D eigenvalue weighted by atomic mass is 9.85. The van der Waals surface area contributed by atoms with Crippen molar-refractivity contribution in [3.8, 4) is 0 Å². The Balaban J connectivity index is 2.72. The van der Waals surface area contributed by atoms with Crippen LogP contribution in [-0.2, 0) is 0 Å². The maximum atomic E-state index is 12.5. The van der Waals surface area contributed by atoms with Crippen molar-refractivity contribution in [2.45, 2.75) is 13.8 Å². The molecule has 0 fully saturated rings. The van der Waals surface area contributed by atoms with Crippen molar-refractivity contribution < 1.29 is 12.9 Å². The molecule has 0 bridgehead atoms. The SMILES string of the molecule is Cc1cn2nc([B-](F)(F)F)cc(C)c2n1. The minimum atomic E-state index is -5.06. The lowest BCUT2D eigenvalue weighted by molar-refractivity contribution is 0.496. The predicted molar refractivity (Wildman–Crippen MR) is 51.2 cm³/mol. The second kappa shape index (κ2) is 2.98. The summed E-state index contributed by atoms with van der Waals surface area (Å²) in [6, 6.07) is 1.03. The van der Waals surface area contributed by atoms with Gasteiger partial charge >= 0.3 is 6.98 Å². The van der Waals surface area contributed by atoms with Gasteiger partial charge in [-0.25, -0.2) is 14.6 Å². The average molecular weight is 214 g/mol. The molecule has 0 spiro atoms. The van der Waals surface area contributed by atoms with E-state index in [9.17, 15) is 12.9 Å². The second-order valence-corrected chi connectivity index (χ2v) is 3.48. The maximum absolute atomic E-state index is 12.5. The highest BCUT2D eigenvalue weighted by atomic mass is 19.4. The number of nitrogens with zero attached hydrogens (tertiary/aromatic N) is 3. The van der Waals surface area contributed by atoms with E-state index in [1.54, 1.807) is 13.8 Å². The molecule has 2 aromatic heterocycles. The third kappa shape index (κ3) is 1.69. The molecule has 0 saturated heterocycles. The summed E-state index contributed by atoms with van der Waals surface area (Å²) in [5.74, 6) is 0. The third-order valence-corrected chi connectivity index (χ3v) is 2.08. The van der Waals surface area contributed by atoms with Gasteiger partial charge in [0.05, 0.1) is 11.9 Å². The van der Waals surface area contributed by atoms with Gasteiger partial charge in [-0.05, 0) is 19.4 Å². The second-order valence-electron chi connectivity index (χ2n) is 3.48. The van der Waals surface area contributed by atoms with Crippen LogP contribution >= 0.6 is 0 Å². The van der Waals surface area contributed by atoms with Crippen LogP contribution in [-0.4, -0.2) is 21.6 Å². The van der Waals surface area contributed by atoms with Gasteiger partial charge in [0.15, 0.2) is 5.65 Å². The normalized spacial score (nSPS) is 12.3. The van der Waals surface area contributed by atoms with Gasteiger partial charge in [-0.3, -0.25) is 0 Å². The largest absolute Gasteiger partial charge is 0.529 e. The van der Waals surface area contributed by atoms with Gasteiger partial charge in [0.25, 0.3) is 0 Å². The van der Waals surface area contributed by atoms with Crippen LogP contribution in [0.15, 0.2) is 12.3 Å². The summed E-state index contributed by atoms with van der Waals surface area (Å²) in [5.41, 5.74) is 0.762. The van der Waals surface area contributed by atoms with Gasteiger partial charge < -0.3 is 12.9 Å². The Morgan fingerprint density at radius 2 is 1.93 bits per heavy atom. The predicted octanol–water partition coefficient (Wildman–Crippen LogP) is 1.40. The van der Waals surface area contributed by atoms with Gasteiger partial charge in [0.1, 0.15) is 0 Å². The molecule has 0 N–H and O–H groups in total. The Kier molecular flexibility index (Phi) is 1.99. The maximum Gasteiger partial charge on any atom is 0.529 e. The van der Waals surface area contributed by atoms with E-state index in [4.69, 9.17) is 0 Å². The van der Waals surface area contributed by atoms with Crippen molar-refractivity contribution in [3.63, 3.8) is 0 Å². The molecular formula is C8H8BF3N3-. The molecule has 7 heteroatoms. The molecule has 2 heterocycles. The summed E-state index contributed by atoms with van der Waals surface area (Å²) >= 11 is 0. The Labute approximate surface area is 84.0 Å². The first-order chi connectivity index (χ1) is 6.88. The van der Waals surface area contributed by atoms with Crippen LogP contribution in [0.1, 0.15) is 11.3 Å². The molecule has 80 valence electrons. The van der Waals surface area contributed by atoms with Crippen molar-refractivity contribution in [1.82, 2.24) is 14.6 Å². The van der Waals surface area contributed by atoms with Gasteiger partial charge in [-0.15, -0.1) is 0 Å². The number of aryl methyl sites for hydroxylation is 2. The summed E-state index contributed by atoms with van der Waals surface area (Å²) in [7, 11) is 0. The molecule has 0 aliphatic rings. The van der Waals surface area contributed by atoms with Crippen LogP contribution < -0.4 is 5.59 Å². The zero-order valence-electron chi connectivity index (χ0n) is 8.21. The topological polar surface area (TPSA) is 30.2 Å². The molecular weight excluding hydrogens is 206 g/mol. The molecule has 2 aromatic rings. The van der Waals surface area contributed by atoms with Crippen LogP contribution in [0.2, 0.25) is 0 Å². The van der Waals surface area contributed by atoms with Gasteiger partial charge in [-0.1, -0.05) is 6.07 Å². The molecule has 0 amide bonds. The number of hydrogen-bond donors (Lipinski definition) is 0. The molecule has 0 unspecified atom stereocenters. The molecule has 0 aliphatic heterocycles. The highest BCUT2D eigenvalue weighted by Crippen LogP contribution is 2.11. The lowest BCUT2D eigenvalue weighted by Gasteiger charge is -2.14. The van der Waals surface area contributed by atoms with Crippen molar-refractivity contribution in [3.05, 3.63) is 23.5 Å². The fraction of sp³-hybridized carbons (Fsp3) is 0.250. The van der Waals surface area contributed by atoms with Crippen molar-refractivity contribution in [2.24, 2.45) is 0 Å². The molecule has 0 radical (unpaired) electrons. The van der Waals surface area contributed by atoms with Crippen LogP contribution in [0.25, 0.3) is 5.65 Å². The summed E-state index contributed by atoms with van der Waals surface area (Å²) in [6.45, 7) is -1.75. The zero-order valence-corrected chi connectivity index (χ0v) is 8.21. The molecule has 3 nitrogen and oxygen atoms in total. The van der Waals surface area contributed by atoms with E-state index in [-0.39, 0.29) is 0 Å². The first kappa shape index (κ1) is 10.0. The molecule has 0 aliphatic carbocycles. The van der Waals surface area contributed by atoms with Crippen LogP contribution in [0.5, 0.6) is 0 Å². The highest BCUT2D eigenvalue weighted by molar-refractivity contribution is 6.72. The lowest BCUT2D eigenvalue weighted by Crippen LogP contribution is -2.38. The average Bonchev–Trinajstić information content (AvgIpc) is 2.44. The summed E-state index contributed by atoms with van der Waals surface area (Å²) in [4.78, 5) is 4.08. The number of aromatic nitrogens is 3. The minimum Gasteiger partial charge on any atom is -0.444 e. The number of imidazole rings is 1. The quantitative estimate of drug-likeness (QED) is 0.671. The van der Waals surface area contributed by atoms with Gasteiger partial charge in [-0.2, -0.15) is 0 Å². The zero-order chi connectivity index (χ0) is 11.2. The Morgan fingerprint density at radius 3 is 2.53 bits per heavy atom. The summed E-state index contributed by atoms with van der Waals surface area (Å²) in [6.07, 6.45) is 1.48. The summed E-state index contributed by atoms with van der Waals surface area (Å²) in [5, 5.41) is 3.49. The first-order valence-electron chi connectivity index (χ1n) is 4.41. The van der Waals surface area contributed by atoms with Crippen LogP contribution in [0.4, 0.5) is 12.9 Å². The number of rotatable bonds is 1. The van der Waals surface area contributed by atoms with Gasteiger partial charge in [0, 0.05) is 5.59 Å². The van der Waals surface area contributed by atoms with Crippen LogP contribution in [0.3, 0.4) is 0 Å². The highest BCUT2D eigenvalue weighted by Gasteiger charge is 2.28. The number of halogens is 3. The smallest absolute Gasteiger partial charge is 0.444 e. The fourth-order valence-electron chi connectivity index (χ4n) is 1.43. The molecule has 0 saturated carbocycles. The molecule has 2 rings (SSSR count). The monoisotopic (exact) mass is 214 g/mol. The van der Waals surface area contributed by atoms with E-state index >= 15 is 0 Å². The van der Waals surface area contributed by atoms with Crippen molar-refractivity contribution in [2.75, 3.05) is 0 Å². The standard InChI is InChI=1S/C8H8BF3N3/c1-5-3-7(9(10,11)12)14-15-4-6(2)13-8(5)15/h3-4H,1-2H3/q-1. The van der Waals surface area contributed by atoms with Gasteiger partial charge in [0.2, 0.25) is 0 Å². The summed E-state index contributed by atoms with van der Waals surface area (Å²) < 4.78 is 38.6. The first-order valence-corrected chi connectivity index (χ1v) is 4.41. The Bertz CT molecular complexity index is 518. The van der Waals surface area contributed by atoms with E-state index in [0.29, 0.717) is 16.9 Å². The van der Waals surface area contributed by atoms with Crippen molar-refractivity contribution >= 4 is 18.2 Å². The number of hydrogen-bond acceptors (Lipinski definition) is 2. The van der Waals surface area contributed by atoms with E-state index in [1.807, 2.05) is 0 Å². The van der Waals surface area contributed by atoms with Crippen LogP contribution in [0, 0.1) is 13.8 Å². The molecule has 0 atom stereocenters. The molecule has 15 heavy (non-hydrogen) atoms. The Hall–Kier alpha value is -1.53. The van der Waals surface area contributed by atoms with E-state index in [0.717, 1.165) is 6.07 Å². The van der Waals surface area contributed by atoms with E-state index < -0.39 is 12.6 Å². The van der Waals surface area contributed by atoms with E-state index in [2.05, 4.69) is 10.1 Å². The van der Waals surface area contributed by atoms with Crippen molar-refractivity contribution in [1.29, 1.82) is 0 Å². The minimum absolute atomic E-state index is 0.469. The Morgan fingerprint density at radius 1 is 1.27 bits per heavy atom. The van der Waals surface area contributed by atoms with E-state index in [1.165, 1.54) is 10.7 Å². The fourth-order valence-corrected chi connectivity index (χ4v) is 1.43. The number of fused-ring (bicyclic) bond motifs is 1. The molecule has 0 aromatic carbocycles.